The number of hydrogen-bond acceptors (Lipinski definition) is 1. The van der Waals surface area contributed by atoms with Crippen molar-refractivity contribution in [3.63, 3.8) is 0 Å². The number of nitrogens with one attached hydrogen (secondary N) is 2. The van der Waals surface area contributed by atoms with Crippen LogP contribution in [0.1, 0.15) is 39.5 Å². The number of para-hydroxylation sites is 1. The molecule has 1 rings (SSSR count). The molecule has 0 unspecified atom stereocenters. The first-order valence-electron chi connectivity index (χ1n) is 6.49. The largest absolute Gasteiger partial charge is 0.335 e. The minimum atomic E-state index is -0.185. The molecule has 18 heavy (non-hydrogen) atoms. The standard InChI is InChI=1S/C14H21ClN2O/c1-3-7-11(8-4-2)16-14(18)17-13-10-6-5-9-12(13)15/h5-6,9-11H,3-4,7-8H2,1-2H3,(H2,16,17,18). The Morgan fingerprint density at radius 3 is 2.39 bits per heavy atom. The summed E-state index contributed by atoms with van der Waals surface area (Å²) in [6, 6.07) is 7.28. The molecular formula is C14H21ClN2O. The Balaban J connectivity index is 2.52. The molecule has 2 N–H and O–H groups in total. The van der Waals surface area contributed by atoms with E-state index in [-0.39, 0.29) is 12.1 Å². The van der Waals surface area contributed by atoms with Gasteiger partial charge < -0.3 is 10.6 Å². The van der Waals surface area contributed by atoms with E-state index in [2.05, 4.69) is 24.5 Å². The van der Waals surface area contributed by atoms with E-state index in [0.717, 1.165) is 25.7 Å². The van der Waals surface area contributed by atoms with Gasteiger partial charge in [0.2, 0.25) is 0 Å². The molecule has 0 bridgehead atoms. The Hall–Kier alpha value is -1.22. The van der Waals surface area contributed by atoms with Gasteiger partial charge >= 0.3 is 6.03 Å². The number of benzene rings is 1. The van der Waals surface area contributed by atoms with Gasteiger partial charge in [-0.2, -0.15) is 0 Å². The summed E-state index contributed by atoms with van der Waals surface area (Å²) in [5, 5.41) is 6.31. The van der Waals surface area contributed by atoms with Gasteiger partial charge in [0.25, 0.3) is 0 Å². The van der Waals surface area contributed by atoms with E-state index in [1.807, 2.05) is 12.1 Å². The van der Waals surface area contributed by atoms with E-state index < -0.39 is 0 Å². The van der Waals surface area contributed by atoms with Crippen LogP contribution >= 0.6 is 11.6 Å². The molecule has 0 aliphatic heterocycles. The van der Waals surface area contributed by atoms with Crippen LogP contribution in [0, 0.1) is 0 Å². The number of anilines is 1. The fourth-order valence-electron chi connectivity index (χ4n) is 1.89. The van der Waals surface area contributed by atoms with Gasteiger partial charge in [0, 0.05) is 6.04 Å². The van der Waals surface area contributed by atoms with Gasteiger partial charge in [-0.15, -0.1) is 0 Å². The molecule has 0 saturated heterocycles. The minimum Gasteiger partial charge on any atom is -0.335 e. The van der Waals surface area contributed by atoms with Gasteiger partial charge in [-0.1, -0.05) is 50.4 Å². The number of amides is 2. The lowest BCUT2D eigenvalue weighted by molar-refractivity contribution is 0.246. The first-order valence-corrected chi connectivity index (χ1v) is 6.87. The molecule has 0 fully saturated rings. The third-order valence-electron chi connectivity index (χ3n) is 2.73. The molecular weight excluding hydrogens is 248 g/mol. The Morgan fingerprint density at radius 2 is 1.83 bits per heavy atom. The molecule has 0 radical (unpaired) electrons. The van der Waals surface area contributed by atoms with E-state index in [1.54, 1.807) is 12.1 Å². The molecule has 0 aliphatic carbocycles. The number of carbonyl (C=O) groups excluding carboxylic acids is 1. The predicted octanol–water partition coefficient (Wildman–Crippen LogP) is 4.43. The number of halogens is 1. The van der Waals surface area contributed by atoms with E-state index in [4.69, 9.17) is 11.6 Å². The van der Waals surface area contributed by atoms with Crippen LogP contribution in [0.3, 0.4) is 0 Å². The number of hydrogen-bond donors (Lipinski definition) is 2. The maximum absolute atomic E-state index is 11.8. The first-order chi connectivity index (χ1) is 8.67. The number of carbonyl (C=O) groups is 1. The highest BCUT2D eigenvalue weighted by atomic mass is 35.5. The van der Waals surface area contributed by atoms with Crippen LogP contribution in [0.5, 0.6) is 0 Å². The second-order valence-electron chi connectivity index (χ2n) is 4.35. The second-order valence-corrected chi connectivity index (χ2v) is 4.76. The molecule has 2 amide bonds. The van der Waals surface area contributed by atoms with Crippen molar-refractivity contribution in [3.8, 4) is 0 Å². The quantitative estimate of drug-likeness (QED) is 0.787. The van der Waals surface area contributed by atoms with Crippen molar-refractivity contribution in [3.05, 3.63) is 29.3 Å². The lowest BCUT2D eigenvalue weighted by atomic mass is 10.1. The summed E-state index contributed by atoms with van der Waals surface area (Å²) in [5.74, 6) is 0. The van der Waals surface area contributed by atoms with E-state index >= 15 is 0 Å². The zero-order valence-corrected chi connectivity index (χ0v) is 11.8. The maximum atomic E-state index is 11.8. The van der Waals surface area contributed by atoms with Gasteiger partial charge in [-0.3, -0.25) is 0 Å². The highest BCUT2D eigenvalue weighted by molar-refractivity contribution is 6.33. The van der Waals surface area contributed by atoms with Crippen LogP contribution in [0.2, 0.25) is 5.02 Å². The summed E-state index contributed by atoms with van der Waals surface area (Å²) in [6.45, 7) is 4.24. The third kappa shape index (κ3) is 4.96. The average molecular weight is 269 g/mol. The van der Waals surface area contributed by atoms with E-state index in [0.29, 0.717) is 10.7 Å². The van der Waals surface area contributed by atoms with Gasteiger partial charge in [0.15, 0.2) is 0 Å². The normalized spacial score (nSPS) is 10.4. The summed E-state index contributed by atoms with van der Waals surface area (Å²) in [7, 11) is 0. The van der Waals surface area contributed by atoms with E-state index in [9.17, 15) is 4.79 Å². The average Bonchev–Trinajstić information content (AvgIpc) is 2.33. The highest BCUT2D eigenvalue weighted by Gasteiger charge is 2.11. The van der Waals surface area contributed by atoms with Crippen molar-refractivity contribution in [1.82, 2.24) is 5.32 Å². The summed E-state index contributed by atoms with van der Waals surface area (Å²) >= 11 is 5.98. The Morgan fingerprint density at radius 1 is 1.22 bits per heavy atom. The van der Waals surface area contributed by atoms with Crippen molar-refractivity contribution < 1.29 is 4.79 Å². The smallest absolute Gasteiger partial charge is 0.319 e. The van der Waals surface area contributed by atoms with Gasteiger partial charge in [0.1, 0.15) is 0 Å². The van der Waals surface area contributed by atoms with Crippen molar-refractivity contribution in [1.29, 1.82) is 0 Å². The minimum absolute atomic E-state index is 0.185. The molecule has 1 aromatic carbocycles. The zero-order chi connectivity index (χ0) is 13.4. The topological polar surface area (TPSA) is 41.1 Å². The second kappa shape index (κ2) is 7.98. The summed E-state index contributed by atoms with van der Waals surface area (Å²) < 4.78 is 0. The lowest BCUT2D eigenvalue weighted by Crippen LogP contribution is -2.37. The van der Waals surface area contributed by atoms with Crippen molar-refractivity contribution in [2.45, 2.75) is 45.6 Å². The Kier molecular flexibility index (Phi) is 6.58. The monoisotopic (exact) mass is 268 g/mol. The number of urea groups is 1. The Bertz CT molecular complexity index is 376. The molecule has 0 heterocycles. The molecule has 0 atom stereocenters. The highest BCUT2D eigenvalue weighted by Crippen LogP contribution is 2.20. The molecule has 0 spiro atoms. The Labute approximate surface area is 114 Å². The zero-order valence-electron chi connectivity index (χ0n) is 11.0. The molecule has 1 aromatic rings. The fraction of sp³-hybridized carbons (Fsp3) is 0.500. The van der Waals surface area contributed by atoms with Gasteiger partial charge in [0.05, 0.1) is 10.7 Å². The third-order valence-corrected chi connectivity index (χ3v) is 3.06. The van der Waals surface area contributed by atoms with Crippen LogP contribution in [0.4, 0.5) is 10.5 Å². The van der Waals surface area contributed by atoms with Crippen molar-refractivity contribution in [2.75, 3.05) is 5.32 Å². The van der Waals surface area contributed by atoms with Crippen LogP contribution < -0.4 is 10.6 Å². The summed E-state index contributed by atoms with van der Waals surface area (Å²) in [6.07, 6.45) is 4.14. The first kappa shape index (κ1) is 14.8. The predicted molar refractivity (Wildman–Crippen MR) is 77.2 cm³/mol. The maximum Gasteiger partial charge on any atom is 0.319 e. The fourth-order valence-corrected chi connectivity index (χ4v) is 2.07. The summed E-state index contributed by atoms with van der Waals surface area (Å²) in [4.78, 5) is 11.8. The molecule has 0 aliphatic rings. The van der Waals surface area contributed by atoms with Crippen LogP contribution in [-0.2, 0) is 0 Å². The number of rotatable bonds is 6. The lowest BCUT2D eigenvalue weighted by Gasteiger charge is -2.18. The van der Waals surface area contributed by atoms with Gasteiger partial charge in [-0.25, -0.2) is 4.79 Å². The van der Waals surface area contributed by atoms with Gasteiger partial charge in [-0.05, 0) is 25.0 Å². The molecule has 100 valence electrons. The molecule has 0 aromatic heterocycles. The van der Waals surface area contributed by atoms with Crippen LogP contribution in [0.15, 0.2) is 24.3 Å². The van der Waals surface area contributed by atoms with Crippen molar-refractivity contribution in [2.24, 2.45) is 0 Å². The van der Waals surface area contributed by atoms with Crippen molar-refractivity contribution >= 4 is 23.3 Å². The molecule has 4 heteroatoms. The summed E-state index contributed by atoms with van der Waals surface area (Å²) in [5.41, 5.74) is 0.642. The molecule has 0 saturated carbocycles. The van der Waals surface area contributed by atoms with Crippen LogP contribution in [0.25, 0.3) is 0 Å². The SMILES string of the molecule is CCCC(CCC)NC(=O)Nc1ccccc1Cl. The molecule has 3 nitrogen and oxygen atoms in total. The van der Waals surface area contributed by atoms with E-state index in [1.165, 1.54) is 0 Å². The van der Waals surface area contributed by atoms with Crippen LogP contribution in [-0.4, -0.2) is 12.1 Å².